The molecule has 1 unspecified atom stereocenters. The molecule has 0 radical (unpaired) electrons. The molecule has 1 heterocycles. The fourth-order valence-electron chi connectivity index (χ4n) is 2.74. The Bertz CT molecular complexity index is 569. The zero-order valence-corrected chi connectivity index (χ0v) is 14.0. The third kappa shape index (κ3) is 4.28. The van der Waals surface area contributed by atoms with Crippen molar-refractivity contribution in [3.63, 3.8) is 0 Å². The Morgan fingerprint density at radius 3 is 2.81 bits per heavy atom. The molecule has 1 saturated heterocycles. The Labute approximate surface area is 128 Å². The van der Waals surface area contributed by atoms with Crippen molar-refractivity contribution in [3.8, 4) is 0 Å². The summed E-state index contributed by atoms with van der Waals surface area (Å²) >= 11 is 0. The van der Waals surface area contributed by atoms with Crippen molar-refractivity contribution in [3.05, 3.63) is 29.8 Å². The summed E-state index contributed by atoms with van der Waals surface area (Å²) in [6.07, 6.45) is 2.04. The minimum absolute atomic E-state index is 0.403. The number of sulfonamides is 1. The summed E-state index contributed by atoms with van der Waals surface area (Å²) in [5.41, 5.74) is 0.978. The molecule has 1 aromatic carbocycles. The summed E-state index contributed by atoms with van der Waals surface area (Å²) in [5, 5.41) is 3.41. The third-order valence-corrected chi connectivity index (χ3v) is 5.78. The molecule has 0 amide bonds. The zero-order chi connectivity index (χ0) is 15.5. The maximum absolute atomic E-state index is 12.7. The van der Waals surface area contributed by atoms with E-state index in [0.717, 1.165) is 24.9 Å². The van der Waals surface area contributed by atoms with Gasteiger partial charge in [0.05, 0.1) is 4.90 Å². The monoisotopic (exact) mass is 310 g/mol. The summed E-state index contributed by atoms with van der Waals surface area (Å²) in [6, 6.07) is 7.62. The number of nitrogens with one attached hydrogen (secondary N) is 1. The molecule has 0 bridgehead atoms. The molecule has 21 heavy (non-hydrogen) atoms. The second kappa shape index (κ2) is 6.90. The minimum Gasteiger partial charge on any atom is -0.314 e. The van der Waals surface area contributed by atoms with Crippen LogP contribution in [0.1, 0.15) is 32.3 Å². The first-order valence-corrected chi connectivity index (χ1v) is 9.14. The van der Waals surface area contributed by atoms with Gasteiger partial charge < -0.3 is 5.32 Å². The third-order valence-electron chi connectivity index (χ3n) is 3.92. The van der Waals surface area contributed by atoms with Crippen LogP contribution in [0.4, 0.5) is 0 Å². The lowest BCUT2D eigenvalue weighted by atomic mass is 9.99. The Hall–Kier alpha value is -0.910. The molecule has 1 aliphatic rings. The van der Waals surface area contributed by atoms with E-state index in [1.54, 1.807) is 16.4 Å². The van der Waals surface area contributed by atoms with Crippen LogP contribution in [0.2, 0.25) is 0 Å². The molecule has 118 valence electrons. The van der Waals surface area contributed by atoms with Gasteiger partial charge in [0.15, 0.2) is 0 Å². The van der Waals surface area contributed by atoms with Crippen LogP contribution in [0, 0.1) is 12.8 Å². The molecule has 0 saturated carbocycles. The van der Waals surface area contributed by atoms with Crippen LogP contribution < -0.4 is 5.32 Å². The van der Waals surface area contributed by atoms with Gasteiger partial charge in [-0.2, -0.15) is 4.31 Å². The lowest BCUT2D eigenvalue weighted by Crippen LogP contribution is -2.43. The Kier molecular flexibility index (Phi) is 5.41. The molecule has 0 spiro atoms. The van der Waals surface area contributed by atoms with E-state index in [0.29, 0.717) is 29.9 Å². The highest BCUT2D eigenvalue weighted by molar-refractivity contribution is 7.89. The summed E-state index contributed by atoms with van der Waals surface area (Å²) in [5.74, 6) is 0.403. The predicted molar refractivity (Wildman–Crippen MR) is 85.8 cm³/mol. The van der Waals surface area contributed by atoms with Crippen LogP contribution >= 0.6 is 0 Å². The molecular formula is C16H26N2O2S. The fraction of sp³-hybridized carbons (Fsp3) is 0.625. The number of piperidine rings is 1. The van der Waals surface area contributed by atoms with Crippen LogP contribution in [0.5, 0.6) is 0 Å². The van der Waals surface area contributed by atoms with Crippen LogP contribution in [-0.2, 0) is 10.0 Å². The maximum Gasteiger partial charge on any atom is 0.243 e. The number of hydrogen-bond acceptors (Lipinski definition) is 3. The molecule has 0 aliphatic carbocycles. The van der Waals surface area contributed by atoms with Crippen molar-refractivity contribution < 1.29 is 8.42 Å². The van der Waals surface area contributed by atoms with Crippen molar-refractivity contribution in [2.75, 3.05) is 19.6 Å². The van der Waals surface area contributed by atoms with E-state index < -0.39 is 10.0 Å². The second-order valence-corrected chi connectivity index (χ2v) is 8.19. The van der Waals surface area contributed by atoms with Crippen molar-refractivity contribution in [2.45, 2.75) is 44.6 Å². The number of aryl methyl sites for hydroxylation is 1. The fourth-order valence-corrected chi connectivity index (χ4v) is 4.40. The van der Waals surface area contributed by atoms with E-state index in [4.69, 9.17) is 0 Å². The molecule has 2 rings (SSSR count). The van der Waals surface area contributed by atoms with Gasteiger partial charge in [-0.1, -0.05) is 26.0 Å². The second-order valence-electron chi connectivity index (χ2n) is 6.25. The Morgan fingerprint density at radius 1 is 1.38 bits per heavy atom. The number of rotatable bonds is 5. The van der Waals surface area contributed by atoms with Crippen LogP contribution in [0.3, 0.4) is 0 Å². The largest absolute Gasteiger partial charge is 0.314 e. The molecule has 1 fully saturated rings. The van der Waals surface area contributed by atoms with Gasteiger partial charge in [-0.15, -0.1) is 0 Å². The number of benzene rings is 1. The first-order chi connectivity index (χ1) is 9.89. The Morgan fingerprint density at radius 2 is 2.14 bits per heavy atom. The summed E-state index contributed by atoms with van der Waals surface area (Å²) in [4.78, 5) is 0.417. The van der Waals surface area contributed by atoms with E-state index in [9.17, 15) is 8.42 Å². The van der Waals surface area contributed by atoms with Gasteiger partial charge in [-0.25, -0.2) is 8.42 Å². The highest BCUT2D eigenvalue weighted by Gasteiger charge is 2.30. The topological polar surface area (TPSA) is 49.4 Å². The highest BCUT2D eigenvalue weighted by Crippen LogP contribution is 2.24. The average Bonchev–Trinajstić information content (AvgIpc) is 2.45. The van der Waals surface area contributed by atoms with Gasteiger partial charge in [0.1, 0.15) is 0 Å². The summed E-state index contributed by atoms with van der Waals surface area (Å²) in [6.45, 7) is 8.29. The van der Waals surface area contributed by atoms with Gasteiger partial charge >= 0.3 is 0 Å². The first-order valence-electron chi connectivity index (χ1n) is 7.70. The van der Waals surface area contributed by atoms with Crippen molar-refractivity contribution in [2.24, 2.45) is 5.92 Å². The molecule has 1 aliphatic heterocycles. The first kappa shape index (κ1) is 16.5. The number of nitrogens with zero attached hydrogens (tertiary/aromatic N) is 1. The van der Waals surface area contributed by atoms with Gasteiger partial charge in [0, 0.05) is 19.1 Å². The molecule has 0 aromatic heterocycles. The van der Waals surface area contributed by atoms with E-state index >= 15 is 0 Å². The SMILES string of the molecule is Cc1cccc(S(=O)(=O)N2CCCC(CNC(C)C)C2)c1. The Balaban J connectivity index is 2.09. The van der Waals surface area contributed by atoms with Gasteiger partial charge in [0.2, 0.25) is 10.0 Å². The van der Waals surface area contributed by atoms with Crippen LogP contribution in [-0.4, -0.2) is 38.4 Å². The molecule has 1 atom stereocenters. The van der Waals surface area contributed by atoms with Crippen LogP contribution in [0.25, 0.3) is 0 Å². The minimum atomic E-state index is -3.35. The van der Waals surface area contributed by atoms with Crippen LogP contribution in [0.15, 0.2) is 29.2 Å². The lowest BCUT2D eigenvalue weighted by molar-refractivity contribution is 0.256. The molecule has 4 nitrogen and oxygen atoms in total. The summed E-state index contributed by atoms with van der Waals surface area (Å²) in [7, 11) is -3.35. The summed E-state index contributed by atoms with van der Waals surface area (Å²) < 4.78 is 27.1. The standard InChI is InChI=1S/C16H26N2O2S/c1-13(2)17-11-15-7-5-9-18(12-15)21(19,20)16-8-4-6-14(3)10-16/h4,6,8,10,13,15,17H,5,7,9,11-12H2,1-3H3. The van der Waals surface area contributed by atoms with E-state index in [1.165, 1.54) is 0 Å². The lowest BCUT2D eigenvalue weighted by Gasteiger charge is -2.32. The van der Waals surface area contributed by atoms with E-state index in [1.807, 2.05) is 19.1 Å². The van der Waals surface area contributed by atoms with Crippen molar-refractivity contribution in [1.82, 2.24) is 9.62 Å². The van der Waals surface area contributed by atoms with Gasteiger partial charge in [-0.3, -0.25) is 0 Å². The smallest absolute Gasteiger partial charge is 0.243 e. The molecule has 1 aromatic rings. The predicted octanol–water partition coefficient (Wildman–Crippen LogP) is 2.39. The van der Waals surface area contributed by atoms with E-state index in [-0.39, 0.29) is 0 Å². The molecular weight excluding hydrogens is 284 g/mol. The van der Waals surface area contributed by atoms with Crippen molar-refractivity contribution in [1.29, 1.82) is 0 Å². The van der Waals surface area contributed by atoms with Gasteiger partial charge in [0.25, 0.3) is 0 Å². The highest BCUT2D eigenvalue weighted by atomic mass is 32.2. The average molecular weight is 310 g/mol. The molecule has 5 heteroatoms. The van der Waals surface area contributed by atoms with Gasteiger partial charge in [-0.05, 0) is 49.9 Å². The quantitative estimate of drug-likeness (QED) is 0.908. The molecule has 1 N–H and O–H groups in total. The van der Waals surface area contributed by atoms with Crippen molar-refractivity contribution >= 4 is 10.0 Å². The normalized spacial score (nSPS) is 20.9. The zero-order valence-electron chi connectivity index (χ0n) is 13.2. The maximum atomic E-state index is 12.7. The number of hydrogen-bond donors (Lipinski definition) is 1. The van der Waals surface area contributed by atoms with E-state index in [2.05, 4.69) is 19.2 Å².